The molecule has 0 saturated carbocycles. The average Bonchev–Trinajstić information content (AvgIpc) is 2.74. The lowest BCUT2D eigenvalue weighted by Gasteiger charge is -2.35. The van der Waals surface area contributed by atoms with E-state index in [2.05, 4.69) is 84.2 Å². The predicted molar refractivity (Wildman–Crippen MR) is 111 cm³/mol. The van der Waals surface area contributed by atoms with E-state index in [-0.39, 0.29) is 0 Å². The summed E-state index contributed by atoms with van der Waals surface area (Å²) in [4.78, 5) is 0. The quantitative estimate of drug-likeness (QED) is 0.644. The van der Waals surface area contributed by atoms with Crippen LogP contribution in [0.4, 0.5) is 0 Å². The van der Waals surface area contributed by atoms with Gasteiger partial charge in [0, 0.05) is 12.6 Å². The van der Waals surface area contributed by atoms with Gasteiger partial charge in [-0.3, -0.25) is 0 Å². The van der Waals surface area contributed by atoms with E-state index in [1.165, 1.54) is 35.1 Å². The van der Waals surface area contributed by atoms with Gasteiger partial charge in [0.05, 0.1) is 7.11 Å². The van der Waals surface area contributed by atoms with Crippen molar-refractivity contribution in [2.45, 2.75) is 31.8 Å². The maximum atomic E-state index is 5.30. The van der Waals surface area contributed by atoms with Crippen molar-refractivity contribution < 1.29 is 4.74 Å². The Hall–Kier alpha value is -2.58. The molecular formula is C25H27NO. The number of methoxy groups -OCH3 is 1. The topological polar surface area (TPSA) is 21.3 Å². The fraction of sp³-hybridized carbons (Fsp3) is 0.280. The smallest absolute Gasteiger partial charge is 0.118 e. The first-order valence-corrected chi connectivity index (χ1v) is 9.81. The van der Waals surface area contributed by atoms with Crippen molar-refractivity contribution in [3.63, 3.8) is 0 Å². The van der Waals surface area contributed by atoms with Crippen molar-refractivity contribution in [1.29, 1.82) is 0 Å². The third kappa shape index (κ3) is 4.23. The van der Waals surface area contributed by atoms with Crippen molar-refractivity contribution in [2.24, 2.45) is 5.92 Å². The van der Waals surface area contributed by atoms with Crippen LogP contribution in [0.5, 0.6) is 5.75 Å². The highest BCUT2D eigenvalue weighted by molar-refractivity contribution is 5.34. The number of rotatable bonds is 6. The number of fused-ring (bicyclic) bond motifs is 1. The van der Waals surface area contributed by atoms with Gasteiger partial charge in [-0.25, -0.2) is 0 Å². The van der Waals surface area contributed by atoms with Crippen molar-refractivity contribution >= 4 is 0 Å². The van der Waals surface area contributed by atoms with Crippen LogP contribution in [0.15, 0.2) is 78.9 Å². The van der Waals surface area contributed by atoms with Crippen LogP contribution in [0.2, 0.25) is 0 Å². The summed E-state index contributed by atoms with van der Waals surface area (Å²) in [5.41, 5.74) is 5.68. The third-order valence-corrected chi connectivity index (χ3v) is 5.67. The van der Waals surface area contributed by atoms with Gasteiger partial charge >= 0.3 is 0 Å². The fourth-order valence-electron chi connectivity index (χ4n) is 4.21. The van der Waals surface area contributed by atoms with E-state index in [9.17, 15) is 0 Å². The maximum absolute atomic E-state index is 5.30. The minimum absolute atomic E-state index is 0.386. The minimum Gasteiger partial charge on any atom is -0.497 e. The molecule has 1 aliphatic rings. The van der Waals surface area contributed by atoms with E-state index in [1.807, 2.05) is 0 Å². The molecular weight excluding hydrogens is 330 g/mol. The molecule has 27 heavy (non-hydrogen) atoms. The zero-order valence-corrected chi connectivity index (χ0v) is 15.9. The van der Waals surface area contributed by atoms with Crippen molar-refractivity contribution in [1.82, 2.24) is 5.32 Å². The van der Waals surface area contributed by atoms with Crippen LogP contribution in [0, 0.1) is 5.92 Å². The lowest BCUT2D eigenvalue weighted by Crippen LogP contribution is -2.33. The summed E-state index contributed by atoms with van der Waals surface area (Å²) in [6.45, 7) is 0.902. The maximum Gasteiger partial charge on any atom is 0.118 e. The fourth-order valence-corrected chi connectivity index (χ4v) is 4.21. The summed E-state index contributed by atoms with van der Waals surface area (Å²) in [6.07, 6.45) is 3.47. The van der Waals surface area contributed by atoms with Crippen LogP contribution in [-0.4, -0.2) is 7.11 Å². The van der Waals surface area contributed by atoms with Gasteiger partial charge in [0.15, 0.2) is 0 Å². The molecule has 2 nitrogen and oxygen atoms in total. The number of hydrogen-bond donors (Lipinski definition) is 1. The normalized spacial score (nSPS) is 18.7. The second-order valence-corrected chi connectivity index (χ2v) is 7.39. The predicted octanol–water partition coefficient (Wildman–Crippen LogP) is 5.33. The second kappa shape index (κ2) is 8.41. The van der Waals surface area contributed by atoms with Crippen molar-refractivity contribution in [3.8, 4) is 5.75 Å². The van der Waals surface area contributed by atoms with Crippen LogP contribution >= 0.6 is 0 Å². The molecule has 0 saturated heterocycles. The molecule has 2 unspecified atom stereocenters. The summed E-state index contributed by atoms with van der Waals surface area (Å²) in [5.74, 6) is 1.52. The van der Waals surface area contributed by atoms with E-state index < -0.39 is 0 Å². The monoisotopic (exact) mass is 357 g/mol. The Morgan fingerprint density at radius 1 is 0.852 bits per heavy atom. The standard InChI is InChI=1S/C25H27NO/c1-27-23-15-11-19(12-16-23)17-22-14-13-21-9-5-6-10-24(21)25(22)26-18-20-7-3-2-4-8-20/h2-12,15-16,22,25-26H,13-14,17-18H2,1H3. The summed E-state index contributed by atoms with van der Waals surface area (Å²) >= 11 is 0. The van der Waals surface area contributed by atoms with Crippen LogP contribution in [0.25, 0.3) is 0 Å². The molecule has 0 spiro atoms. The molecule has 4 rings (SSSR count). The number of aryl methyl sites for hydroxylation is 1. The number of nitrogens with one attached hydrogen (secondary N) is 1. The van der Waals surface area contributed by atoms with Gasteiger partial charge in [0.25, 0.3) is 0 Å². The first-order chi connectivity index (χ1) is 13.3. The average molecular weight is 357 g/mol. The summed E-state index contributed by atoms with van der Waals surface area (Å²) in [7, 11) is 1.72. The summed E-state index contributed by atoms with van der Waals surface area (Å²) in [6, 6.07) is 28.5. The highest BCUT2D eigenvalue weighted by Crippen LogP contribution is 2.36. The van der Waals surface area contributed by atoms with Crippen molar-refractivity contribution in [3.05, 3.63) is 101 Å². The Kier molecular flexibility index (Phi) is 5.55. The summed E-state index contributed by atoms with van der Waals surface area (Å²) < 4.78 is 5.30. The molecule has 2 heteroatoms. The van der Waals surface area contributed by atoms with Gasteiger partial charge in [0.1, 0.15) is 5.75 Å². The highest BCUT2D eigenvalue weighted by Gasteiger charge is 2.29. The molecule has 1 aliphatic carbocycles. The Bertz CT molecular complexity index is 857. The lowest BCUT2D eigenvalue weighted by molar-refractivity contribution is 0.316. The van der Waals surface area contributed by atoms with E-state index in [0.717, 1.165) is 18.7 Å². The molecule has 0 radical (unpaired) electrons. The van der Waals surface area contributed by atoms with Crippen LogP contribution in [-0.2, 0) is 19.4 Å². The number of benzene rings is 3. The molecule has 138 valence electrons. The molecule has 2 atom stereocenters. The lowest BCUT2D eigenvalue weighted by atomic mass is 9.77. The van der Waals surface area contributed by atoms with Gasteiger partial charge in [0.2, 0.25) is 0 Å². The molecule has 1 N–H and O–H groups in total. The molecule has 0 aromatic heterocycles. The highest BCUT2D eigenvalue weighted by atomic mass is 16.5. The molecule has 0 amide bonds. The first-order valence-electron chi connectivity index (χ1n) is 9.81. The SMILES string of the molecule is COc1ccc(CC2CCc3ccccc3C2NCc2ccccc2)cc1. The molecule has 0 heterocycles. The molecule has 0 aliphatic heterocycles. The third-order valence-electron chi connectivity index (χ3n) is 5.67. The van der Waals surface area contributed by atoms with Crippen LogP contribution in [0.3, 0.4) is 0 Å². The Balaban J connectivity index is 1.55. The van der Waals surface area contributed by atoms with Gasteiger partial charge in [-0.2, -0.15) is 0 Å². The van der Waals surface area contributed by atoms with Gasteiger partial charge in [-0.1, -0.05) is 66.7 Å². The molecule has 3 aromatic carbocycles. The van der Waals surface area contributed by atoms with Crippen LogP contribution < -0.4 is 10.1 Å². The van der Waals surface area contributed by atoms with E-state index in [4.69, 9.17) is 4.74 Å². The number of ether oxygens (including phenoxy) is 1. The van der Waals surface area contributed by atoms with E-state index >= 15 is 0 Å². The first kappa shape index (κ1) is 17.8. The molecule has 0 fully saturated rings. The van der Waals surface area contributed by atoms with Crippen LogP contribution in [0.1, 0.15) is 34.7 Å². The van der Waals surface area contributed by atoms with Gasteiger partial charge in [-0.15, -0.1) is 0 Å². The molecule has 3 aromatic rings. The van der Waals surface area contributed by atoms with E-state index in [0.29, 0.717) is 12.0 Å². The Morgan fingerprint density at radius 2 is 1.59 bits per heavy atom. The number of hydrogen-bond acceptors (Lipinski definition) is 2. The van der Waals surface area contributed by atoms with E-state index in [1.54, 1.807) is 7.11 Å². The largest absolute Gasteiger partial charge is 0.497 e. The zero-order valence-electron chi connectivity index (χ0n) is 15.9. The van der Waals surface area contributed by atoms with Gasteiger partial charge < -0.3 is 10.1 Å². The zero-order chi connectivity index (χ0) is 18.5. The molecule has 0 bridgehead atoms. The van der Waals surface area contributed by atoms with Crippen molar-refractivity contribution in [2.75, 3.05) is 7.11 Å². The Morgan fingerprint density at radius 3 is 2.37 bits per heavy atom. The summed E-state index contributed by atoms with van der Waals surface area (Å²) in [5, 5.41) is 3.86. The second-order valence-electron chi connectivity index (χ2n) is 7.39. The van der Waals surface area contributed by atoms with Gasteiger partial charge in [-0.05, 0) is 59.6 Å². The minimum atomic E-state index is 0.386. The Labute approximate surface area is 162 Å².